The van der Waals surface area contributed by atoms with Crippen molar-refractivity contribution in [3.63, 3.8) is 0 Å². The van der Waals surface area contributed by atoms with Crippen molar-refractivity contribution in [2.24, 2.45) is 11.3 Å². The number of benzene rings is 1. The number of halogens is 4. The van der Waals surface area contributed by atoms with Gasteiger partial charge in [0.15, 0.2) is 10.7 Å². The summed E-state index contributed by atoms with van der Waals surface area (Å²) in [6.07, 6.45) is 3.04. The van der Waals surface area contributed by atoms with Crippen LogP contribution in [0.4, 0.5) is 24.7 Å². The molecule has 2 atom stereocenters. The molecule has 2 aliphatic rings. The van der Waals surface area contributed by atoms with Crippen molar-refractivity contribution < 1.29 is 21.6 Å². The lowest BCUT2D eigenvalue weighted by molar-refractivity contribution is 0.0332. The van der Waals surface area contributed by atoms with Gasteiger partial charge in [0.05, 0.1) is 5.69 Å². The van der Waals surface area contributed by atoms with E-state index in [9.17, 15) is 17.2 Å². The predicted molar refractivity (Wildman–Crippen MR) is 117 cm³/mol. The van der Waals surface area contributed by atoms with Crippen molar-refractivity contribution in [3.8, 4) is 0 Å². The third-order valence-electron chi connectivity index (χ3n) is 6.49. The van der Waals surface area contributed by atoms with Crippen molar-refractivity contribution in [2.75, 3.05) is 43.4 Å². The highest BCUT2D eigenvalue weighted by atomic mass is 35.5. The zero-order chi connectivity index (χ0) is 23.3. The van der Waals surface area contributed by atoms with Gasteiger partial charge in [0.1, 0.15) is 16.7 Å². The summed E-state index contributed by atoms with van der Waals surface area (Å²) in [4.78, 5) is 6.10. The first kappa shape index (κ1) is 23.1. The third kappa shape index (κ3) is 4.15. The van der Waals surface area contributed by atoms with Gasteiger partial charge in [-0.25, -0.2) is 22.2 Å². The molecular weight excluding hydrogens is 465 g/mol. The van der Waals surface area contributed by atoms with Crippen LogP contribution in [0.3, 0.4) is 0 Å². The molecule has 1 aliphatic heterocycles. The van der Waals surface area contributed by atoms with E-state index >= 15 is 4.39 Å². The largest absolute Gasteiger partial charge is 0.370 e. The van der Waals surface area contributed by atoms with E-state index in [1.807, 2.05) is 23.7 Å². The van der Waals surface area contributed by atoms with Crippen molar-refractivity contribution in [1.29, 1.82) is 0 Å². The zero-order valence-corrected chi connectivity index (χ0v) is 19.3. The number of anilines is 2. The molecular formula is C21H24ClF3N4O2S. The van der Waals surface area contributed by atoms with E-state index in [1.165, 1.54) is 12.1 Å². The summed E-state index contributed by atoms with van der Waals surface area (Å²) in [5.41, 5.74) is 0.215. The minimum absolute atomic E-state index is 0.0793. The number of nitrogens with zero attached hydrogens (tertiary/aromatic N) is 3. The van der Waals surface area contributed by atoms with Gasteiger partial charge in [-0.05, 0) is 56.8 Å². The molecule has 4 rings (SSSR count). The average molecular weight is 489 g/mol. The fourth-order valence-electron chi connectivity index (χ4n) is 4.82. The summed E-state index contributed by atoms with van der Waals surface area (Å²) >= 11 is 6.20. The summed E-state index contributed by atoms with van der Waals surface area (Å²) in [7, 11) is -0.689. The summed E-state index contributed by atoms with van der Waals surface area (Å²) in [5, 5.41) is -0.459. The van der Waals surface area contributed by atoms with E-state index in [-0.39, 0.29) is 11.1 Å². The van der Waals surface area contributed by atoms with Crippen molar-refractivity contribution >= 4 is 33.1 Å². The molecule has 32 heavy (non-hydrogen) atoms. The van der Waals surface area contributed by atoms with Gasteiger partial charge in [0.25, 0.3) is 10.0 Å². The Labute approximate surface area is 190 Å². The van der Waals surface area contributed by atoms with Crippen molar-refractivity contribution in [3.05, 3.63) is 46.9 Å². The van der Waals surface area contributed by atoms with Gasteiger partial charge in [0, 0.05) is 25.7 Å². The second kappa shape index (κ2) is 8.39. The summed E-state index contributed by atoms with van der Waals surface area (Å²) < 4.78 is 70.4. The van der Waals surface area contributed by atoms with Crippen LogP contribution < -0.4 is 9.62 Å². The third-order valence-corrected chi connectivity index (χ3v) is 8.24. The van der Waals surface area contributed by atoms with Crippen LogP contribution in [0.2, 0.25) is 5.02 Å². The number of rotatable bonds is 6. The van der Waals surface area contributed by atoms with Crippen LogP contribution in [0.5, 0.6) is 0 Å². The second-order valence-electron chi connectivity index (χ2n) is 8.82. The van der Waals surface area contributed by atoms with Gasteiger partial charge in [-0.2, -0.15) is 4.39 Å². The predicted octanol–water partition coefficient (Wildman–Crippen LogP) is 4.12. The highest BCUT2D eigenvalue weighted by Crippen LogP contribution is 2.54. The lowest BCUT2D eigenvalue weighted by Crippen LogP contribution is -2.47. The average Bonchev–Trinajstić information content (AvgIpc) is 3.15. The highest BCUT2D eigenvalue weighted by molar-refractivity contribution is 7.92. The Hall–Kier alpha value is -2.04. The Morgan fingerprint density at radius 1 is 1.28 bits per heavy atom. The fourth-order valence-corrected chi connectivity index (χ4v) is 6.29. The summed E-state index contributed by atoms with van der Waals surface area (Å²) in [5.74, 6) is -3.50. The number of pyridine rings is 1. The molecule has 1 aliphatic carbocycles. The molecule has 1 spiro atoms. The van der Waals surface area contributed by atoms with E-state index in [4.69, 9.17) is 11.6 Å². The first-order valence-corrected chi connectivity index (χ1v) is 12.1. The van der Waals surface area contributed by atoms with Gasteiger partial charge >= 0.3 is 0 Å². The number of nitrogens with one attached hydrogen (secondary N) is 1. The Kier molecular flexibility index (Phi) is 6.06. The Morgan fingerprint density at radius 3 is 2.66 bits per heavy atom. The van der Waals surface area contributed by atoms with E-state index in [2.05, 4.69) is 9.88 Å². The molecule has 0 bridgehead atoms. The molecule has 1 aromatic carbocycles. The van der Waals surface area contributed by atoms with E-state index in [1.54, 1.807) is 0 Å². The minimum atomic E-state index is -4.73. The molecule has 1 N–H and O–H groups in total. The van der Waals surface area contributed by atoms with Crippen LogP contribution in [0.25, 0.3) is 0 Å². The molecule has 1 saturated heterocycles. The molecule has 174 valence electrons. The normalized spacial score (nSPS) is 23.1. The molecule has 2 heterocycles. The van der Waals surface area contributed by atoms with Crippen LogP contribution in [0, 0.1) is 28.9 Å². The SMILES string of the molecule is CN(C)CC1CCC12CCN(c1cc(F)c(S(=O)(=O)Nc3cccc(F)n3)c(F)c1Cl)C2. The van der Waals surface area contributed by atoms with Crippen LogP contribution in [-0.4, -0.2) is 52.0 Å². The molecule has 2 unspecified atom stereocenters. The number of sulfonamides is 1. The standard InChI is InChI=1S/C21H24ClF3N4O2S/c1-28(2)11-13-6-7-21(13)8-9-29(12-21)15-10-14(23)20(19(25)18(15)22)32(30,31)27-17-5-3-4-16(24)26-17/h3-5,10,13H,6-9,11-12H2,1-2H3,(H,26,27). The van der Waals surface area contributed by atoms with Crippen LogP contribution in [0.1, 0.15) is 19.3 Å². The molecule has 11 heteroatoms. The molecule has 2 fully saturated rings. The topological polar surface area (TPSA) is 65.5 Å². The highest BCUT2D eigenvalue weighted by Gasteiger charge is 2.51. The summed E-state index contributed by atoms with van der Waals surface area (Å²) in [6, 6.07) is 4.35. The lowest BCUT2D eigenvalue weighted by Gasteiger charge is -2.48. The quantitative estimate of drug-likeness (QED) is 0.489. The van der Waals surface area contributed by atoms with E-state index in [0.29, 0.717) is 19.0 Å². The van der Waals surface area contributed by atoms with E-state index < -0.39 is 43.3 Å². The molecule has 0 radical (unpaired) electrons. The lowest BCUT2D eigenvalue weighted by atomic mass is 9.59. The van der Waals surface area contributed by atoms with Crippen molar-refractivity contribution in [2.45, 2.75) is 24.2 Å². The van der Waals surface area contributed by atoms with E-state index in [0.717, 1.165) is 37.9 Å². The van der Waals surface area contributed by atoms with Gasteiger partial charge < -0.3 is 9.80 Å². The first-order chi connectivity index (χ1) is 15.0. The first-order valence-electron chi connectivity index (χ1n) is 10.2. The maximum absolute atomic E-state index is 15.1. The Bertz CT molecular complexity index is 1150. The van der Waals surface area contributed by atoms with Gasteiger partial charge in [-0.1, -0.05) is 17.7 Å². The molecule has 0 amide bonds. The second-order valence-corrected chi connectivity index (χ2v) is 10.8. The van der Waals surface area contributed by atoms with Crippen LogP contribution in [0.15, 0.2) is 29.2 Å². The van der Waals surface area contributed by atoms with Crippen LogP contribution >= 0.6 is 11.6 Å². The number of hydrogen-bond donors (Lipinski definition) is 1. The molecule has 1 aromatic heterocycles. The van der Waals surface area contributed by atoms with Crippen molar-refractivity contribution in [1.82, 2.24) is 9.88 Å². The minimum Gasteiger partial charge on any atom is -0.370 e. The number of aromatic nitrogens is 1. The maximum atomic E-state index is 15.1. The van der Waals surface area contributed by atoms with Gasteiger partial charge in [0.2, 0.25) is 5.95 Å². The molecule has 6 nitrogen and oxygen atoms in total. The summed E-state index contributed by atoms with van der Waals surface area (Å²) in [6.45, 7) is 2.14. The van der Waals surface area contributed by atoms with Gasteiger partial charge in [-0.15, -0.1) is 0 Å². The maximum Gasteiger partial charge on any atom is 0.268 e. The Balaban J connectivity index is 1.61. The van der Waals surface area contributed by atoms with Crippen LogP contribution in [-0.2, 0) is 10.0 Å². The van der Waals surface area contributed by atoms with Gasteiger partial charge in [-0.3, -0.25) is 4.72 Å². The Morgan fingerprint density at radius 2 is 2.03 bits per heavy atom. The smallest absolute Gasteiger partial charge is 0.268 e. The monoisotopic (exact) mass is 488 g/mol. The number of hydrogen-bond acceptors (Lipinski definition) is 5. The molecule has 1 saturated carbocycles. The zero-order valence-electron chi connectivity index (χ0n) is 17.7. The molecule has 2 aromatic rings. The fraction of sp³-hybridized carbons (Fsp3) is 0.476.